The largest absolute Gasteiger partial charge is 0.348 e. The lowest BCUT2D eigenvalue weighted by Crippen LogP contribution is -2.33. The molecular formula is C13H13N3O3. The summed E-state index contributed by atoms with van der Waals surface area (Å²) in [5.74, 6) is -0.527. The fourth-order valence-corrected chi connectivity index (χ4v) is 1.66. The van der Waals surface area contributed by atoms with Gasteiger partial charge in [0.15, 0.2) is 0 Å². The van der Waals surface area contributed by atoms with Gasteiger partial charge in [-0.25, -0.2) is 4.79 Å². The minimum atomic E-state index is -0.703. The molecule has 19 heavy (non-hydrogen) atoms. The van der Waals surface area contributed by atoms with Crippen molar-refractivity contribution in [2.45, 2.75) is 13.5 Å². The molecule has 1 aromatic heterocycles. The fourth-order valence-electron chi connectivity index (χ4n) is 1.66. The highest BCUT2D eigenvalue weighted by atomic mass is 16.2. The van der Waals surface area contributed by atoms with Crippen LogP contribution in [0.25, 0.3) is 0 Å². The minimum absolute atomic E-state index is 0.117. The molecule has 6 heteroatoms. The van der Waals surface area contributed by atoms with E-state index in [9.17, 15) is 14.4 Å². The maximum Gasteiger partial charge on any atom is 0.325 e. The lowest BCUT2D eigenvalue weighted by molar-refractivity contribution is 0.0949. The summed E-state index contributed by atoms with van der Waals surface area (Å²) in [5.41, 5.74) is 0.564. The lowest BCUT2D eigenvalue weighted by Gasteiger charge is -2.07. The number of carbonyl (C=O) groups is 1. The van der Waals surface area contributed by atoms with Crippen LogP contribution in [0.2, 0.25) is 0 Å². The van der Waals surface area contributed by atoms with Gasteiger partial charge in [-0.2, -0.15) is 0 Å². The number of aromatic nitrogens is 2. The number of hydrogen-bond donors (Lipinski definition) is 3. The summed E-state index contributed by atoms with van der Waals surface area (Å²) in [6, 6.07) is 7.62. The van der Waals surface area contributed by atoms with Crippen molar-refractivity contribution in [3.63, 3.8) is 0 Å². The molecular weight excluding hydrogens is 246 g/mol. The Labute approximate surface area is 108 Å². The van der Waals surface area contributed by atoms with Crippen molar-refractivity contribution < 1.29 is 4.79 Å². The number of H-pyrrole nitrogens is 2. The number of amides is 1. The van der Waals surface area contributed by atoms with Gasteiger partial charge >= 0.3 is 5.69 Å². The van der Waals surface area contributed by atoms with Gasteiger partial charge in [-0.3, -0.25) is 14.6 Å². The van der Waals surface area contributed by atoms with Crippen molar-refractivity contribution in [3.8, 4) is 0 Å². The van der Waals surface area contributed by atoms with Crippen LogP contribution in [0.4, 0.5) is 0 Å². The summed E-state index contributed by atoms with van der Waals surface area (Å²) in [5, 5.41) is 2.64. The lowest BCUT2D eigenvalue weighted by atomic mass is 10.1. The molecule has 0 aliphatic carbocycles. The zero-order valence-corrected chi connectivity index (χ0v) is 10.3. The topological polar surface area (TPSA) is 94.8 Å². The number of hydrogen-bond acceptors (Lipinski definition) is 3. The number of benzene rings is 1. The van der Waals surface area contributed by atoms with E-state index in [1.807, 2.05) is 36.2 Å². The second-order valence-electron chi connectivity index (χ2n) is 4.09. The van der Waals surface area contributed by atoms with E-state index in [0.29, 0.717) is 6.54 Å². The summed E-state index contributed by atoms with van der Waals surface area (Å²) in [6.45, 7) is 2.26. The van der Waals surface area contributed by atoms with Crippen LogP contribution in [0, 0.1) is 6.92 Å². The van der Waals surface area contributed by atoms with Crippen LogP contribution in [0.3, 0.4) is 0 Å². The molecule has 0 atom stereocenters. The molecule has 0 fully saturated rings. The molecule has 0 saturated heterocycles. The van der Waals surface area contributed by atoms with E-state index in [1.165, 1.54) is 0 Å². The molecule has 0 radical (unpaired) electrons. The van der Waals surface area contributed by atoms with Crippen molar-refractivity contribution >= 4 is 5.91 Å². The van der Waals surface area contributed by atoms with Gasteiger partial charge in [0.25, 0.3) is 11.5 Å². The first kappa shape index (κ1) is 12.8. The highest BCUT2D eigenvalue weighted by Gasteiger charge is 2.10. The van der Waals surface area contributed by atoms with Crippen LogP contribution >= 0.6 is 0 Å². The van der Waals surface area contributed by atoms with Gasteiger partial charge in [0.1, 0.15) is 5.56 Å². The maximum atomic E-state index is 11.8. The third kappa shape index (κ3) is 2.98. The summed E-state index contributed by atoms with van der Waals surface area (Å²) in [4.78, 5) is 38.3. The summed E-state index contributed by atoms with van der Waals surface area (Å²) >= 11 is 0. The van der Waals surface area contributed by atoms with E-state index in [1.54, 1.807) is 0 Å². The molecule has 2 aromatic rings. The average molecular weight is 259 g/mol. The Morgan fingerprint density at radius 3 is 2.68 bits per heavy atom. The van der Waals surface area contributed by atoms with Crippen molar-refractivity contribution in [2.24, 2.45) is 0 Å². The fraction of sp³-hybridized carbons (Fsp3) is 0.154. The number of rotatable bonds is 3. The Hall–Kier alpha value is -2.63. The Balaban J connectivity index is 2.12. The predicted octanol–water partition coefficient (Wildman–Crippen LogP) is 0.302. The highest BCUT2D eigenvalue weighted by Crippen LogP contribution is 2.06. The van der Waals surface area contributed by atoms with Crippen molar-refractivity contribution in [1.82, 2.24) is 15.3 Å². The van der Waals surface area contributed by atoms with E-state index in [0.717, 1.165) is 17.3 Å². The molecule has 1 heterocycles. The third-order valence-electron chi connectivity index (χ3n) is 2.76. The summed E-state index contributed by atoms with van der Waals surface area (Å²) in [7, 11) is 0. The van der Waals surface area contributed by atoms with Crippen LogP contribution in [0.5, 0.6) is 0 Å². The molecule has 0 saturated carbocycles. The molecule has 3 N–H and O–H groups in total. The maximum absolute atomic E-state index is 11.8. The van der Waals surface area contributed by atoms with Crippen LogP contribution in [-0.2, 0) is 6.54 Å². The van der Waals surface area contributed by atoms with E-state index in [4.69, 9.17) is 0 Å². The molecule has 6 nitrogen and oxygen atoms in total. The Bertz CT molecular complexity index is 715. The monoisotopic (exact) mass is 259 g/mol. The molecule has 98 valence electrons. The van der Waals surface area contributed by atoms with E-state index in [2.05, 4.69) is 10.3 Å². The first-order chi connectivity index (χ1) is 9.08. The van der Waals surface area contributed by atoms with Gasteiger partial charge in [-0.05, 0) is 18.1 Å². The van der Waals surface area contributed by atoms with E-state index < -0.39 is 17.2 Å². The SMILES string of the molecule is Cc1ccccc1CNC(=O)c1c[nH]c(=O)[nH]c1=O. The van der Waals surface area contributed by atoms with Gasteiger partial charge in [0, 0.05) is 12.7 Å². The van der Waals surface area contributed by atoms with Crippen molar-refractivity contribution in [1.29, 1.82) is 0 Å². The van der Waals surface area contributed by atoms with Gasteiger partial charge < -0.3 is 10.3 Å². The first-order valence-corrected chi connectivity index (χ1v) is 5.72. The van der Waals surface area contributed by atoms with Crippen molar-refractivity contribution in [2.75, 3.05) is 0 Å². The predicted molar refractivity (Wildman–Crippen MR) is 70.0 cm³/mol. The second-order valence-corrected chi connectivity index (χ2v) is 4.09. The standard InChI is InChI=1S/C13H13N3O3/c1-8-4-2-3-5-9(8)6-14-11(17)10-7-15-13(19)16-12(10)18/h2-5,7H,6H2,1H3,(H,14,17)(H2,15,16,18,19). The molecule has 2 rings (SSSR count). The zero-order chi connectivity index (χ0) is 13.8. The van der Waals surface area contributed by atoms with Crippen LogP contribution < -0.4 is 16.6 Å². The van der Waals surface area contributed by atoms with Crippen molar-refractivity contribution in [3.05, 3.63) is 68.0 Å². The van der Waals surface area contributed by atoms with E-state index in [-0.39, 0.29) is 5.56 Å². The normalized spacial score (nSPS) is 10.2. The molecule has 0 aliphatic heterocycles. The summed E-state index contributed by atoms with van der Waals surface area (Å²) in [6.07, 6.45) is 1.11. The molecule has 1 amide bonds. The Morgan fingerprint density at radius 1 is 1.26 bits per heavy atom. The number of carbonyl (C=O) groups excluding carboxylic acids is 1. The number of nitrogens with one attached hydrogen (secondary N) is 3. The van der Waals surface area contributed by atoms with Gasteiger partial charge in [-0.15, -0.1) is 0 Å². The number of aromatic amines is 2. The van der Waals surface area contributed by atoms with Gasteiger partial charge in [0.2, 0.25) is 0 Å². The molecule has 0 aliphatic rings. The molecule has 0 unspecified atom stereocenters. The van der Waals surface area contributed by atoms with Crippen LogP contribution in [-0.4, -0.2) is 15.9 Å². The van der Waals surface area contributed by atoms with Gasteiger partial charge in [0.05, 0.1) is 0 Å². The van der Waals surface area contributed by atoms with Gasteiger partial charge in [-0.1, -0.05) is 24.3 Å². The van der Waals surface area contributed by atoms with Crippen LogP contribution in [0.15, 0.2) is 40.1 Å². The Morgan fingerprint density at radius 2 is 2.00 bits per heavy atom. The van der Waals surface area contributed by atoms with E-state index >= 15 is 0 Å². The molecule has 0 bridgehead atoms. The Kier molecular flexibility index (Phi) is 3.61. The zero-order valence-electron chi connectivity index (χ0n) is 10.3. The summed E-state index contributed by atoms with van der Waals surface area (Å²) < 4.78 is 0. The minimum Gasteiger partial charge on any atom is -0.348 e. The smallest absolute Gasteiger partial charge is 0.325 e. The first-order valence-electron chi connectivity index (χ1n) is 5.72. The third-order valence-corrected chi connectivity index (χ3v) is 2.76. The average Bonchev–Trinajstić information content (AvgIpc) is 2.37. The van der Waals surface area contributed by atoms with Crippen LogP contribution in [0.1, 0.15) is 21.5 Å². The number of aryl methyl sites for hydroxylation is 1. The molecule has 0 spiro atoms. The second kappa shape index (κ2) is 5.34. The quantitative estimate of drug-likeness (QED) is 0.740. The highest BCUT2D eigenvalue weighted by molar-refractivity contribution is 5.93. The molecule has 1 aromatic carbocycles.